The van der Waals surface area contributed by atoms with E-state index in [-0.39, 0.29) is 17.8 Å². The molecule has 27 heavy (non-hydrogen) atoms. The summed E-state index contributed by atoms with van der Waals surface area (Å²) in [6.07, 6.45) is 4.20. The maximum Gasteiger partial charge on any atom is 0.194 e. The average molecular weight is 392 g/mol. The van der Waals surface area contributed by atoms with Gasteiger partial charge in [0.2, 0.25) is 0 Å². The lowest BCUT2D eigenvalue weighted by Gasteiger charge is -2.32. The van der Waals surface area contributed by atoms with Crippen molar-refractivity contribution in [3.8, 4) is 0 Å². The van der Waals surface area contributed by atoms with Crippen molar-refractivity contribution in [3.05, 3.63) is 35.4 Å². The molecule has 6 nitrogen and oxygen atoms in total. The minimum absolute atomic E-state index is 0.145. The fourth-order valence-corrected chi connectivity index (χ4v) is 6.04. The quantitative estimate of drug-likeness (QED) is 0.624. The molecule has 2 atom stereocenters. The number of hydrogen-bond acceptors (Lipinski definition) is 4. The highest BCUT2D eigenvalue weighted by Gasteiger charge is 2.28. The number of nitrogens with one attached hydrogen (secondary N) is 1. The molecule has 1 aromatic carbocycles. The van der Waals surface area contributed by atoms with Gasteiger partial charge in [0.15, 0.2) is 15.8 Å². The Bertz CT molecular complexity index is 787. The first-order valence-corrected chi connectivity index (χ1v) is 11.8. The molecule has 0 amide bonds. The average Bonchev–Trinajstić information content (AvgIpc) is 3.30. The van der Waals surface area contributed by atoms with Crippen LogP contribution in [0.2, 0.25) is 0 Å². The minimum atomic E-state index is -2.86. The van der Waals surface area contributed by atoms with Crippen molar-refractivity contribution in [1.29, 1.82) is 0 Å². The van der Waals surface area contributed by atoms with Crippen LogP contribution in [-0.2, 0) is 27.5 Å². The highest BCUT2D eigenvalue weighted by Crippen LogP contribution is 2.21. The molecule has 0 saturated carbocycles. The highest BCUT2D eigenvalue weighted by atomic mass is 32.2. The molecule has 148 valence electrons. The van der Waals surface area contributed by atoms with Gasteiger partial charge in [-0.1, -0.05) is 24.3 Å². The Kier molecular flexibility index (Phi) is 5.68. The van der Waals surface area contributed by atoms with Crippen LogP contribution in [0.25, 0.3) is 0 Å². The highest BCUT2D eigenvalue weighted by molar-refractivity contribution is 7.91. The van der Waals surface area contributed by atoms with Crippen LogP contribution >= 0.6 is 0 Å². The van der Waals surface area contributed by atoms with Gasteiger partial charge < -0.3 is 15.0 Å². The van der Waals surface area contributed by atoms with Gasteiger partial charge in [-0.2, -0.15) is 0 Å². The second-order valence-corrected chi connectivity index (χ2v) is 10.1. The number of fused-ring (bicyclic) bond motifs is 1. The van der Waals surface area contributed by atoms with Crippen molar-refractivity contribution in [2.24, 2.45) is 10.9 Å². The normalized spacial score (nSPS) is 27.6. The van der Waals surface area contributed by atoms with Crippen LogP contribution in [0.5, 0.6) is 0 Å². The number of hydrogen-bond donors (Lipinski definition) is 1. The summed E-state index contributed by atoms with van der Waals surface area (Å²) in [5, 5.41) is 3.51. The van der Waals surface area contributed by atoms with Gasteiger partial charge in [-0.3, -0.25) is 4.99 Å². The first-order chi connectivity index (χ1) is 13.1. The molecule has 4 rings (SSSR count). The smallest absolute Gasteiger partial charge is 0.194 e. The standard InChI is InChI=1S/C20H29N3O3S/c24-27(25)11-8-16(15-27)12-21-20(22-13-19-6-3-10-26-19)23-9-7-17-4-1-2-5-18(17)14-23/h1-2,4-5,16,19H,3,6-15H2,(H,21,22). The van der Waals surface area contributed by atoms with Crippen LogP contribution < -0.4 is 5.32 Å². The van der Waals surface area contributed by atoms with E-state index in [9.17, 15) is 8.42 Å². The topological polar surface area (TPSA) is 71.0 Å². The molecule has 1 aromatic rings. The van der Waals surface area contributed by atoms with Crippen LogP contribution in [0.1, 0.15) is 30.4 Å². The van der Waals surface area contributed by atoms with Crippen molar-refractivity contribution in [2.75, 3.05) is 37.7 Å². The van der Waals surface area contributed by atoms with Crippen molar-refractivity contribution in [1.82, 2.24) is 10.2 Å². The Morgan fingerprint density at radius 1 is 1.26 bits per heavy atom. The van der Waals surface area contributed by atoms with E-state index in [1.54, 1.807) is 0 Å². The summed E-state index contributed by atoms with van der Waals surface area (Å²) in [6, 6.07) is 8.57. The summed E-state index contributed by atoms with van der Waals surface area (Å²) in [5.41, 5.74) is 2.76. The predicted octanol–water partition coefficient (Wildman–Crippen LogP) is 1.60. The van der Waals surface area contributed by atoms with Gasteiger partial charge in [-0.15, -0.1) is 0 Å². The fraction of sp³-hybridized carbons (Fsp3) is 0.650. The third kappa shape index (κ3) is 4.82. The second kappa shape index (κ2) is 8.19. The number of ether oxygens (including phenoxy) is 1. The molecular weight excluding hydrogens is 362 g/mol. The van der Waals surface area contributed by atoms with E-state index in [0.29, 0.717) is 12.3 Å². The molecule has 7 heteroatoms. The van der Waals surface area contributed by atoms with Crippen molar-refractivity contribution >= 4 is 15.8 Å². The van der Waals surface area contributed by atoms with Crippen LogP contribution in [0, 0.1) is 5.92 Å². The number of aliphatic imine (C=N–C) groups is 1. The Hall–Kier alpha value is -1.60. The maximum absolute atomic E-state index is 11.7. The monoisotopic (exact) mass is 391 g/mol. The van der Waals surface area contributed by atoms with Crippen LogP contribution in [0.4, 0.5) is 0 Å². The van der Waals surface area contributed by atoms with E-state index in [4.69, 9.17) is 9.73 Å². The number of sulfone groups is 1. The molecule has 3 aliphatic rings. The summed E-state index contributed by atoms with van der Waals surface area (Å²) in [5.74, 6) is 1.62. The molecule has 0 bridgehead atoms. The summed E-state index contributed by atoms with van der Waals surface area (Å²) < 4.78 is 29.2. The van der Waals surface area contributed by atoms with Gasteiger partial charge in [-0.05, 0) is 42.7 Å². The van der Waals surface area contributed by atoms with Crippen LogP contribution in [0.15, 0.2) is 29.3 Å². The van der Waals surface area contributed by atoms with E-state index < -0.39 is 9.84 Å². The molecule has 3 aliphatic heterocycles. The Morgan fingerprint density at radius 2 is 2.11 bits per heavy atom. The molecule has 3 heterocycles. The number of guanidine groups is 1. The summed E-state index contributed by atoms with van der Waals surface area (Å²) in [4.78, 5) is 7.13. The lowest BCUT2D eigenvalue weighted by atomic mass is 10.0. The summed E-state index contributed by atoms with van der Waals surface area (Å²) in [6.45, 7) is 3.95. The van der Waals surface area contributed by atoms with Gasteiger partial charge >= 0.3 is 0 Å². The number of nitrogens with zero attached hydrogens (tertiary/aromatic N) is 2. The molecule has 0 aromatic heterocycles. The third-order valence-electron chi connectivity index (χ3n) is 5.77. The fourth-order valence-electron chi connectivity index (χ4n) is 4.19. The first-order valence-electron chi connectivity index (χ1n) is 10.0. The zero-order chi connectivity index (χ0) is 18.7. The van der Waals surface area contributed by atoms with E-state index in [0.717, 1.165) is 57.9 Å². The maximum atomic E-state index is 11.7. The Balaban J connectivity index is 1.44. The van der Waals surface area contributed by atoms with Crippen molar-refractivity contribution in [2.45, 2.75) is 38.3 Å². The summed E-state index contributed by atoms with van der Waals surface area (Å²) in [7, 11) is -2.86. The SMILES string of the molecule is O=S1(=O)CCC(CN=C(NCC2CCCO2)N2CCc3ccccc3C2)C1. The molecule has 2 saturated heterocycles. The van der Waals surface area contributed by atoms with E-state index in [1.807, 2.05) is 0 Å². The summed E-state index contributed by atoms with van der Waals surface area (Å²) >= 11 is 0. The van der Waals surface area contributed by atoms with Crippen molar-refractivity contribution in [3.63, 3.8) is 0 Å². The predicted molar refractivity (Wildman–Crippen MR) is 107 cm³/mol. The Morgan fingerprint density at radius 3 is 2.85 bits per heavy atom. The van der Waals surface area contributed by atoms with Gasteiger partial charge in [-0.25, -0.2) is 8.42 Å². The van der Waals surface area contributed by atoms with Gasteiger partial charge in [0.05, 0.1) is 17.6 Å². The zero-order valence-corrected chi connectivity index (χ0v) is 16.6. The van der Waals surface area contributed by atoms with Gasteiger partial charge in [0.25, 0.3) is 0 Å². The molecule has 0 spiro atoms. The lowest BCUT2D eigenvalue weighted by Crippen LogP contribution is -2.46. The van der Waals surface area contributed by atoms with Gasteiger partial charge in [0.1, 0.15) is 0 Å². The van der Waals surface area contributed by atoms with Crippen molar-refractivity contribution < 1.29 is 13.2 Å². The lowest BCUT2D eigenvalue weighted by molar-refractivity contribution is 0.113. The molecule has 0 radical (unpaired) electrons. The molecular formula is C20H29N3O3S. The second-order valence-electron chi connectivity index (χ2n) is 7.89. The minimum Gasteiger partial charge on any atom is -0.376 e. The van der Waals surface area contributed by atoms with Crippen LogP contribution in [0.3, 0.4) is 0 Å². The largest absolute Gasteiger partial charge is 0.376 e. The molecule has 0 aliphatic carbocycles. The molecule has 1 N–H and O–H groups in total. The molecule has 2 unspecified atom stereocenters. The first kappa shape index (κ1) is 18.7. The third-order valence-corrected chi connectivity index (χ3v) is 7.60. The zero-order valence-electron chi connectivity index (χ0n) is 15.8. The number of rotatable bonds is 4. The van der Waals surface area contributed by atoms with Gasteiger partial charge in [0, 0.05) is 32.8 Å². The van der Waals surface area contributed by atoms with E-state index in [2.05, 4.69) is 34.5 Å². The van der Waals surface area contributed by atoms with E-state index in [1.165, 1.54) is 11.1 Å². The Labute approximate surface area is 161 Å². The van der Waals surface area contributed by atoms with E-state index >= 15 is 0 Å². The molecule has 2 fully saturated rings. The number of benzene rings is 1. The van der Waals surface area contributed by atoms with Crippen LogP contribution in [-0.4, -0.2) is 63.1 Å².